The van der Waals surface area contributed by atoms with E-state index in [1.165, 1.54) is 11.1 Å². The van der Waals surface area contributed by atoms with Crippen molar-refractivity contribution >= 4 is 16.8 Å². The highest BCUT2D eigenvalue weighted by molar-refractivity contribution is 5.97. The second-order valence-electron chi connectivity index (χ2n) is 5.41. The Kier molecular flexibility index (Phi) is 3.87. The van der Waals surface area contributed by atoms with Gasteiger partial charge >= 0.3 is 0 Å². The van der Waals surface area contributed by atoms with E-state index in [-0.39, 0.29) is 5.78 Å². The Labute approximate surface area is 124 Å². The van der Waals surface area contributed by atoms with Gasteiger partial charge in [-0.2, -0.15) is 0 Å². The number of fused-ring (bicyclic) bond motifs is 1. The van der Waals surface area contributed by atoms with Crippen molar-refractivity contribution in [1.82, 2.24) is 0 Å². The van der Waals surface area contributed by atoms with Gasteiger partial charge in [0.2, 0.25) is 0 Å². The van der Waals surface area contributed by atoms with E-state index < -0.39 is 0 Å². The molecule has 0 aliphatic heterocycles. The molecule has 3 aromatic rings. The van der Waals surface area contributed by atoms with Crippen molar-refractivity contribution in [2.45, 2.75) is 26.2 Å². The fourth-order valence-corrected chi connectivity index (χ4v) is 2.52. The van der Waals surface area contributed by atoms with Crippen LogP contribution in [0.3, 0.4) is 0 Å². The first-order valence-electron chi connectivity index (χ1n) is 7.30. The van der Waals surface area contributed by atoms with E-state index >= 15 is 0 Å². The minimum Gasteiger partial charge on any atom is -0.453 e. The van der Waals surface area contributed by atoms with Crippen molar-refractivity contribution in [1.29, 1.82) is 0 Å². The summed E-state index contributed by atoms with van der Waals surface area (Å²) in [5.74, 6) is 0.559. The fourth-order valence-electron chi connectivity index (χ4n) is 2.52. The highest BCUT2D eigenvalue weighted by Gasteiger charge is 2.12. The summed E-state index contributed by atoms with van der Waals surface area (Å²) in [6.45, 7) is 2.04. The Morgan fingerprint density at radius 2 is 1.86 bits per heavy atom. The number of Topliss-reactive ketones (excluding diaryl/α,β-unsaturated/α-hetero) is 1. The van der Waals surface area contributed by atoms with Gasteiger partial charge in [0.1, 0.15) is 5.58 Å². The van der Waals surface area contributed by atoms with Gasteiger partial charge in [0.15, 0.2) is 11.5 Å². The van der Waals surface area contributed by atoms with E-state index in [1.54, 1.807) is 0 Å². The number of hydrogen-bond acceptors (Lipinski definition) is 2. The lowest BCUT2D eigenvalue weighted by molar-refractivity contribution is 0.0955. The monoisotopic (exact) mass is 278 g/mol. The maximum atomic E-state index is 12.2. The normalized spacial score (nSPS) is 10.9. The molecule has 0 amide bonds. The second kappa shape index (κ2) is 5.96. The van der Waals surface area contributed by atoms with Gasteiger partial charge in [-0.15, -0.1) is 0 Å². The van der Waals surface area contributed by atoms with Crippen LogP contribution in [0.2, 0.25) is 0 Å². The van der Waals surface area contributed by atoms with Gasteiger partial charge in [0.25, 0.3) is 0 Å². The zero-order chi connectivity index (χ0) is 14.7. The van der Waals surface area contributed by atoms with Crippen molar-refractivity contribution in [3.8, 4) is 0 Å². The summed E-state index contributed by atoms with van der Waals surface area (Å²) in [4.78, 5) is 12.2. The molecule has 0 aliphatic rings. The first kappa shape index (κ1) is 13.6. The number of hydrogen-bond donors (Lipinski definition) is 0. The molecule has 0 fully saturated rings. The first-order valence-corrected chi connectivity index (χ1v) is 7.30. The average molecular weight is 278 g/mol. The largest absolute Gasteiger partial charge is 0.453 e. The highest BCUT2D eigenvalue weighted by Crippen LogP contribution is 2.22. The van der Waals surface area contributed by atoms with Crippen molar-refractivity contribution in [3.05, 3.63) is 71.5 Å². The number of carbonyl (C=O) groups is 1. The zero-order valence-electron chi connectivity index (χ0n) is 12.1. The van der Waals surface area contributed by atoms with E-state index in [0.717, 1.165) is 23.8 Å². The lowest BCUT2D eigenvalue weighted by atomic mass is 10.1. The molecule has 21 heavy (non-hydrogen) atoms. The first-order chi connectivity index (χ1) is 10.2. The van der Waals surface area contributed by atoms with Crippen LogP contribution in [0.15, 0.2) is 59.0 Å². The lowest BCUT2D eigenvalue weighted by Crippen LogP contribution is -1.98. The van der Waals surface area contributed by atoms with E-state index in [1.807, 2.05) is 49.4 Å². The number of ketones is 1. The molecule has 0 atom stereocenters. The molecule has 0 radical (unpaired) electrons. The predicted molar refractivity (Wildman–Crippen MR) is 84.7 cm³/mol. The number of carbonyl (C=O) groups excluding carboxylic acids is 1. The van der Waals surface area contributed by atoms with Crippen LogP contribution in [0, 0.1) is 6.92 Å². The summed E-state index contributed by atoms with van der Waals surface area (Å²) in [7, 11) is 0. The minimum atomic E-state index is 0.0831. The van der Waals surface area contributed by atoms with Gasteiger partial charge in [0.05, 0.1) is 0 Å². The highest BCUT2D eigenvalue weighted by atomic mass is 16.3. The Morgan fingerprint density at radius 1 is 1.05 bits per heavy atom. The summed E-state index contributed by atoms with van der Waals surface area (Å²) < 4.78 is 5.64. The Balaban J connectivity index is 1.64. The number of benzene rings is 2. The smallest absolute Gasteiger partial charge is 0.198 e. The lowest BCUT2D eigenvalue weighted by Gasteiger charge is -1.99. The molecule has 2 aromatic carbocycles. The van der Waals surface area contributed by atoms with Crippen LogP contribution >= 0.6 is 0 Å². The molecular formula is C19H18O2. The summed E-state index contributed by atoms with van der Waals surface area (Å²) in [6.07, 6.45) is 2.29. The number of rotatable bonds is 5. The molecular weight excluding hydrogens is 260 g/mol. The molecule has 3 rings (SSSR count). The average Bonchev–Trinajstić information content (AvgIpc) is 2.91. The van der Waals surface area contributed by atoms with Crippen LogP contribution in [0.25, 0.3) is 11.0 Å². The summed E-state index contributed by atoms with van der Waals surface area (Å²) in [6, 6.07) is 18.1. The van der Waals surface area contributed by atoms with Gasteiger partial charge in [-0.1, -0.05) is 42.0 Å². The summed E-state index contributed by atoms with van der Waals surface area (Å²) >= 11 is 0. The van der Waals surface area contributed by atoms with Gasteiger partial charge in [-0.3, -0.25) is 4.79 Å². The Bertz CT molecular complexity index is 754. The fraction of sp³-hybridized carbons (Fsp3) is 0.211. The van der Waals surface area contributed by atoms with E-state index in [9.17, 15) is 4.79 Å². The molecule has 2 nitrogen and oxygen atoms in total. The minimum absolute atomic E-state index is 0.0831. The molecule has 0 spiro atoms. The van der Waals surface area contributed by atoms with Crippen molar-refractivity contribution in [3.63, 3.8) is 0 Å². The van der Waals surface area contributed by atoms with Crippen molar-refractivity contribution < 1.29 is 9.21 Å². The number of aryl methyl sites for hydroxylation is 2. The Hall–Kier alpha value is -2.35. The second-order valence-corrected chi connectivity index (χ2v) is 5.41. The summed E-state index contributed by atoms with van der Waals surface area (Å²) in [5.41, 5.74) is 3.23. The van der Waals surface area contributed by atoms with Crippen LogP contribution in [-0.4, -0.2) is 5.78 Å². The molecule has 0 bridgehead atoms. The van der Waals surface area contributed by atoms with Crippen LogP contribution in [0.4, 0.5) is 0 Å². The standard InChI is InChI=1S/C19H18O2/c1-14-10-11-18-16(12-14)13-19(21-18)17(20)9-5-8-15-6-3-2-4-7-15/h2-4,6-7,10-13H,5,8-9H2,1H3. The van der Waals surface area contributed by atoms with Gasteiger partial charge in [-0.25, -0.2) is 0 Å². The van der Waals surface area contributed by atoms with Gasteiger partial charge < -0.3 is 4.42 Å². The third-order valence-electron chi connectivity index (χ3n) is 3.66. The van der Waals surface area contributed by atoms with Crippen LogP contribution in [0.1, 0.15) is 34.5 Å². The van der Waals surface area contributed by atoms with Gasteiger partial charge in [0, 0.05) is 11.8 Å². The maximum Gasteiger partial charge on any atom is 0.198 e. The zero-order valence-corrected chi connectivity index (χ0v) is 12.1. The molecule has 2 heteroatoms. The van der Waals surface area contributed by atoms with E-state index in [2.05, 4.69) is 12.1 Å². The van der Waals surface area contributed by atoms with E-state index in [4.69, 9.17) is 4.42 Å². The molecule has 0 N–H and O–H groups in total. The molecule has 0 saturated heterocycles. The Morgan fingerprint density at radius 3 is 2.67 bits per heavy atom. The quantitative estimate of drug-likeness (QED) is 0.618. The molecule has 0 aliphatic carbocycles. The van der Waals surface area contributed by atoms with Crippen LogP contribution in [-0.2, 0) is 6.42 Å². The van der Waals surface area contributed by atoms with Crippen molar-refractivity contribution in [2.75, 3.05) is 0 Å². The summed E-state index contributed by atoms with van der Waals surface area (Å²) in [5, 5.41) is 1.00. The molecule has 1 aromatic heterocycles. The third-order valence-corrected chi connectivity index (χ3v) is 3.66. The van der Waals surface area contributed by atoms with E-state index in [0.29, 0.717) is 12.2 Å². The molecule has 0 unspecified atom stereocenters. The predicted octanol–water partition coefficient (Wildman–Crippen LogP) is 4.95. The van der Waals surface area contributed by atoms with Crippen molar-refractivity contribution in [2.24, 2.45) is 0 Å². The molecule has 1 heterocycles. The third kappa shape index (κ3) is 3.22. The number of furan rings is 1. The van der Waals surface area contributed by atoms with Crippen LogP contribution < -0.4 is 0 Å². The van der Waals surface area contributed by atoms with Crippen LogP contribution in [0.5, 0.6) is 0 Å². The SMILES string of the molecule is Cc1ccc2oc(C(=O)CCCc3ccccc3)cc2c1. The molecule has 0 saturated carbocycles. The molecule has 106 valence electrons. The van der Waals surface area contributed by atoms with Gasteiger partial charge in [-0.05, 0) is 43.5 Å². The maximum absolute atomic E-state index is 12.2. The topological polar surface area (TPSA) is 30.2 Å².